The summed E-state index contributed by atoms with van der Waals surface area (Å²) in [4.78, 5) is 0.323. The van der Waals surface area contributed by atoms with Gasteiger partial charge < -0.3 is 10.5 Å². The zero-order valence-electron chi connectivity index (χ0n) is 9.26. The minimum atomic E-state index is -3.26. The highest BCUT2D eigenvalue weighted by Crippen LogP contribution is 2.04. The number of nitrogens with zero attached hydrogens (tertiary/aromatic N) is 1. The molecular formula is C8H18N2O3S2. The van der Waals surface area contributed by atoms with Crippen LogP contribution in [0.2, 0.25) is 0 Å². The molecule has 0 bridgehead atoms. The van der Waals surface area contributed by atoms with Gasteiger partial charge in [0.15, 0.2) is 0 Å². The van der Waals surface area contributed by atoms with Crippen molar-refractivity contribution in [3.05, 3.63) is 0 Å². The molecule has 0 radical (unpaired) electrons. The molecule has 15 heavy (non-hydrogen) atoms. The molecule has 7 heteroatoms. The van der Waals surface area contributed by atoms with E-state index in [0.29, 0.717) is 11.5 Å². The van der Waals surface area contributed by atoms with Crippen molar-refractivity contribution in [3.8, 4) is 0 Å². The van der Waals surface area contributed by atoms with Gasteiger partial charge in [0.2, 0.25) is 10.0 Å². The Morgan fingerprint density at radius 1 is 1.60 bits per heavy atom. The van der Waals surface area contributed by atoms with Crippen molar-refractivity contribution < 1.29 is 13.2 Å². The van der Waals surface area contributed by atoms with Gasteiger partial charge in [-0.15, -0.1) is 0 Å². The molecule has 1 unspecified atom stereocenters. The van der Waals surface area contributed by atoms with E-state index in [9.17, 15) is 8.42 Å². The zero-order valence-corrected chi connectivity index (χ0v) is 10.9. The van der Waals surface area contributed by atoms with Crippen LogP contribution >= 0.6 is 12.2 Å². The Balaban J connectivity index is 4.31. The van der Waals surface area contributed by atoms with Crippen LogP contribution in [-0.4, -0.2) is 50.8 Å². The van der Waals surface area contributed by atoms with E-state index in [0.717, 1.165) is 0 Å². The summed E-state index contributed by atoms with van der Waals surface area (Å²) in [7, 11) is -0.279. The van der Waals surface area contributed by atoms with E-state index < -0.39 is 10.0 Å². The zero-order chi connectivity index (χ0) is 12.1. The minimum Gasteiger partial charge on any atom is -0.393 e. The largest absolute Gasteiger partial charge is 0.393 e. The van der Waals surface area contributed by atoms with Crippen molar-refractivity contribution in [1.29, 1.82) is 0 Å². The lowest BCUT2D eigenvalue weighted by atomic mass is 10.2. The van der Waals surface area contributed by atoms with E-state index in [2.05, 4.69) is 0 Å². The number of ether oxygens (including phenoxy) is 1. The van der Waals surface area contributed by atoms with Crippen LogP contribution in [0.5, 0.6) is 0 Å². The SMILES string of the molecule is COCCS(=O)(=O)N(C)CC(C)C(N)=S. The summed E-state index contributed by atoms with van der Waals surface area (Å²) in [5.74, 6) is -0.147. The molecule has 0 aliphatic carbocycles. The maximum Gasteiger partial charge on any atom is 0.216 e. The minimum absolute atomic E-state index is 0.0238. The van der Waals surface area contributed by atoms with Crippen LogP contribution in [0.25, 0.3) is 0 Å². The van der Waals surface area contributed by atoms with Gasteiger partial charge in [0.05, 0.1) is 17.3 Å². The summed E-state index contributed by atoms with van der Waals surface area (Å²) in [6, 6.07) is 0. The van der Waals surface area contributed by atoms with Crippen LogP contribution in [0.3, 0.4) is 0 Å². The molecule has 0 fully saturated rings. The number of rotatable bonds is 7. The van der Waals surface area contributed by atoms with Crippen LogP contribution in [0.15, 0.2) is 0 Å². The summed E-state index contributed by atoms with van der Waals surface area (Å²) in [6.45, 7) is 2.29. The molecule has 2 N–H and O–H groups in total. The predicted molar refractivity (Wildman–Crippen MR) is 64.2 cm³/mol. The highest BCUT2D eigenvalue weighted by Gasteiger charge is 2.20. The maximum atomic E-state index is 11.6. The van der Waals surface area contributed by atoms with Gasteiger partial charge in [-0.05, 0) is 0 Å². The normalized spacial score (nSPS) is 14.1. The molecule has 0 saturated heterocycles. The molecule has 0 aromatic rings. The van der Waals surface area contributed by atoms with Crippen molar-refractivity contribution in [3.63, 3.8) is 0 Å². The van der Waals surface area contributed by atoms with Crippen LogP contribution < -0.4 is 5.73 Å². The number of thiocarbonyl (C=S) groups is 1. The molecule has 90 valence electrons. The maximum absolute atomic E-state index is 11.6. The van der Waals surface area contributed by atoms with Crippen LogP contribution in [0.1, 0.15) is 6.92 Å². The van der Waals surface area contributed by atoms with Gasteiger partial charge in [-0.25, -0.2) is 12.7 Å². The topological polar surface area (TPSA) is 72.6 Å². The van der Waals surface area contributed by atoms with Crippen molar-refractivity contribution in [2.45, 2.75) is 6.92 Å². The first-order valence-corrected chi connectivity index (χ1v) is 6.55. The van der Waals surface area contributed by atoms with Gasteiger partial charge in [-0.2, -0.15) is 0 Å². The lowest BCUT2D eigenvalue weighted by Gasteiger charge is -2.20. The monoisotopic (exact) mass is 254 g/mol. The smallest absolute Gasteiger partial charge is 0.216 e. The first-order valence-electron chi connectivity index (χ1n) is 4.53. The second kappa shape index (κ2) is 6.37. The number of nitrogens with two attached hydrogens (primary N) is 1. The quantitative estimate of drug-likeness (QED) is 0.638. The third-order valence-electron chi connectivity index (χ3n) is 2.04. The number of methoxy groups -OCH3 is 1. The average molecular weight is 254 g/mol. The Bertz CT molecular complexity index is 303. The van der Waals surface area contributed by atoms with Gasteiger partial charge in [-0.3, -0.25) is 0 Å². The molecule has 0 aliphatic rings. The lowest BCUT2D eigenvalue weighted by Crippen LogP contribution is -2.37. The van der Waals surface area contributed by atoms with Gasteiger partial charge in [-0.1, -0.05) is 19.1 Å². The summed E-state index contributed by atoms with van der Waals surface area (Å²) in [5, 5.41) is 0. The first kappa shape index (κ1) is 14.8. The molecule has 0 spiro atoms. The van der Waals surface area contributed by atoms with Crippen molar-refractivity contribution >= 4 is 27.2 Å². The van der Waals surface area contributed by atoms with Crippen LogP contribution in [0, 0.1) is 5.92 Å². The molecule has 0 rings (SSSR count). The van der Waals surface area contributed by atoms with Crippen molar-refractivity contribution in [1.82, 2.24) is 4.31 Å². The Morgan fingerprint density at radius 3 is 2.53 bits per heavy atom. The van der Waals surface area contributed by atoms with Gasteiger partial charge in [0.25, 0.3) is 0 Å². The lowest BCUT2D eigenvalue weighted by molar-refractivity contribution is 0.215. The molecule has 5 nitrogen and oxygen atoms in total. The fourth-order valence-corrected chi connectivity index (χ4v) is 2.15. The number of hydrogen-bond acceptors (Lipinski definition) is 4. The van der Waals surface area contributed by atoms with E-state index in [1.807, 2.05) is 0 Å². The fraction of sp³-hybridized carbons (Fsp3) is 0.875. The Morgan fingerprint density at radius 2 is 2.13 bits per heavy atom. The number of hydrogen-bond donors (Lipinski definition) is 1. The molecule has 0 aliphatic heterocycles. The molecule has 0 saturated carbocycles. The summed E-state index contributed by atoms with van der Waals surface area (Å²) in [6.07, 6.45) is 0. The Hall–Kier alpha value is -0.240. The summed E-state index contributed by atoms with van der Waals surface area (Å²) < 4.78 is 29.2. The van der Waals surface area contributed by atoms with Gasteiger partial charge in [0.1, 0.15) is 0 Å². The highest BCUT2D eigenvalue weighted by atomic mass is 32.2. The fourth-order valence-electron chi connectivity index (χ4n) is 0.934. The van der Waals surface area contributed by atoms with E-state index in [1.165, 1.54) is 18.5 Å². The van der Waals surface area contributed by atoms with Crippen molar-refractivity contribution in [2.24, 2.45) is 11.7 Å². The number of sulfonamides is 1. The summed E-state index contributed by atoms with van der Waals surface area (Å²) >= 11 is 4.78. The highest BCUT2D eigenvalue weighted by molar-refractivity contribution is 7.89. The molecule has 0 aromatic heterocycles. The Kier molecular flexibility index (Phi) is 6.26. The summed E-state index contributed by atoms with van der Waals surface area (Å²) in [5.41, 5.74) is 5.41. The van der Waals surface area contributed by atoms with E-state index >= 15 is 0 Å². The third-order valence-corrected chi connectivity index (χ3v) is 4.22. The Labute approximate surface area is 96.6 Å². The molecule has 0 aromatic carbocycles. The van der Waals surface area contributed by atoms with E-state index in [4.69, 9.17) is 22.7 Å². The van der Waals surface area contributed by atoms with Gasteiger partial charge >= 0.3 is 0 Å². The second-order valence-electron chi connectivity index (χ2n) is 3.39. The molecule has 0 heterocycles. The molecular weight excluding hydrogens is 236 g/mol. The first-order chi connectivity index (χ1) is 6.81. The average Bonchev–Trinajstić information content (AvgIpc) is 2.14. The molecule has 1 atom stereocenters. The van der Waals surface area contributed by atoms with E-state index in [-0.39, 0.29) is 18.3 Å². The van der Waals surface area contributed by atoms with Crippen LogP contribution in [-0.2, 0) is 14.8 Å². The van der Waals surface area contributed by atoms with Gasteiger partial charge in [0, 0.05) is 26.6 Å². The second-order valence-corrected chi connectivity index (χ2v) is 6.06. The predicted octanol–water partition coefficient (Wildman–Crippen LogP) is -0.183. The van der Waals surface area contributed by atoms with Crippen molar-refractivity contribution in [2.75, 3.05) is 33.1 Å². The molecule has 0 amide bonds. The van der Waals surface area contributed by atoms with E-state index in [1.54, 1.807) is 6.92 Å². The third kappa shape index (κ3) is 5.41. The standard InChI is InChI=1S/C8H18N2O3S2/c1-7(8(9)14)6-10(2)15(11,12)5-4-13-3/h7H,4-6H2,1-3H3,(H2,9,14). The van der Waals surface area contributed by atoms with Crippen LogP contribution in [0.4, 0.5) is 0 Å².